The van der Waals surface area contributed by atoms with Gasteiger partial charge in [-0.3, -0.25) is 4.79 Å². The zero-order valence-corrected chi connectivity index (χ0v) is 17.2. The number of aliphatic carboxylic acids is 1. The summed E-state index contributed by atoms with van der Waals surface area (Å²) in [5, 5.41) is 9.45. The first-order chi connectivity index (χ1) is 13.4. The molecule has 1 fully saturated rings. The van der Waals surface area contributed by atoms with E-state index < -0.39 is 12.0 Å². The summed E-state index contributed by atoms with van der Waals surface area (Å²) in [5.74, 6) is -0.505. The zero-order valence-electron chi connectivity index (χ0n) is 16.3. The van der Waals surface area contributed by atoms with Crippen LogP contribution < -0.4 is 0 Å². The lowest BCUT2D eigenvalue weighted by Crippen LogP contribution is -2.40. The van der Waals surface area contributed by atoms with Crippen molar-refractivity contribution in [1.82, 2.24) is 4.90 Å². The highest BCUT2D eigenvalue weighted by atomic mass is 32.2. The average molecular weight is 400 g/mol. The van der Waals surface area contributed by atoms with Crippen LogP contribution in [0.4, 0.5) is 0 Å². The number of benzene rings is 2. The molecule has 0 bridgehead atoms. The van der Waals surface area contributed by atoms with Gasteiger partial charge in [0.25, 0.3) is 5.91 Å². The molecule has 3 rings (SSSR count). The lowest BCUT2D eigenvalue weighted by molar-refractivity contribution is -0.141. The van der Waals surface area contributed by atoms with Gasteiger partial charge in [-0.15, -0.1) is 11.8 Å². The van der Waals surface area contributed by atoms with Crippen molar-refractivity contribution < 1.29 is 19.4 Å². The van der Waals surface area contributed by atoms with Gasteiger partial charge in [-0.1, -0.05) is 29.8 Å². The lowest BCUT2D eigenvalue weighted by Gasteiger charge is -2.21. The molecule has 2 aromatic rings. The Kier molecular flexibility index (Phi) is 6.42. The first kappa shape index (κ1) is 20.4. The van der Waals surface area contributed by atoms with Crippen LogP contribution in [-0.2, 0) is 15.3 Å². The van der Waals surface area contributed by atoms with E-state index in [9.17, 15) is 14.7 Å². The fraction of sp³-hybridized carbons (Fsp3) is 0.364. The van der Waals surface area contributed by atoms with Crippen molar-refractivity contribution in [1.29, 1.82) is 0 Å². The average Bonchev–Trinajstić information content (AvgIpc) is 3.13. The summed E-state index contributed by atoms with van der Waals surface area (Å²) in [7, 11) is 1.54. The van der Waals surface area contributed by atoms with E-state index in [4.69, 9.17) is 4.74 Å². The van der Waals surface area contributed by atoms with E-state index in [-0.39, 0.29) is 12.0 Å². The van der Waals surface area contributed by atoms with Crippen molar-refractivity contribution in [2.24, 2.45) is 0 Å². The lowest BCUT2D eigenvalue weighted by atomic mass is 10.1. The van der Waals surface area contributed by atoms with Gasteiger partial charge in [0, 0.05) is 36.3 Å². The maximum atomic E-state index is 12.9. The molecule has 0 saturated carbocycles. The summed E-state index contributed by atoms with van der Waals surface area (Å²) in [4.78, 5) is 27.1. The van der Waals surface area contributed by atoms with Crippen LogP contribution in [0.3, 0.4) is 0 Å². The second-order valence-corrected chi connectivity index (χ2v) is 8.18. The minimum absolute atomic E-state index is 0.243. The van der Waals surface area contributed by atoms with Crippen molar-refractivity contribution in [3.05, 3.63) is 64.7 Å². The highest BCUT2D eigenvalue weighted by Crippen LogP contribution is 2.28. The number of thioether (sulfide) groups is 1. The van der Waals surface area contributed by atoms with E-state index in [0.29, 0.717) is 18.5 Å². The minimum atomic E-state index is -0.991. The predicted octanol–water partition coefficient (Wildman–Crippen LogP) is 3.91. The monoisotopic (exact) mass is 399 g/mol. The summed E-state index contributed by atoms with van der Waals surface area (Å²) >= 11 is 1.74. The molecule has 1 amide bonds. The number of ether oxygens (including phenoxy) is 1. The maximum absolute atomic E-state index is 12.9. The number of carbonyl (C=O) groups is 2. The third kappa shape index (κ3) is 4.56. The molecule has 148 valence electrons. The van der Waals surface area contributed by atoms with Crippen LogP contribution in [0.25, 0.3) is 0 Å². The largest absolute Gasteiger partial charge is 0.480 e. The second kappa shape index (κ2) is 8.80. The standard InChI is InChI=1S/C22H25NO4S/c1-14-7-8-15(2)20(9-14)28-13-16-5-4-6-17(10-16)21(24)23-12-18(27-3)11-19(23)22(25)26/h4-10,18-19H,11-13H2,1-3H3,(H,25,26). The van der Waals surface area contributed by atoms with E-state index in [1.165, 1.54) is 20.9 Å². The molecule has 0 spiro atoms. The highest BCUT2D eigenvalue weighted by Gasteiger charge is 2.40. The normalized spacial score (nSPS) is 19.0. The molecule has 1 N–H and O–H groups in total. The van der Waals surface area contributed by atoms with Crippen molar-refractivity contribution in [2.75, 3.05) is 13.7 Å². The molecular formula is C22H25NO4S. The van der Waals surface area contributed by atoms with Gasteiger partial charge in [0.2, 0.25) is 0 Å². The quantitative estimate of drug-likeness (QED) is 0.746. The second-order valence-electron chi connectivity index (χ2n) is 7.16. The number of carboxylic acids is 1. The van der Waals surface area contributed by atoms with Crippen LogP contribution in [0, 0.1) is 13.8 Å². The number of rotatable bonds is 6. The van der Waals surface area contributed by atoms with Crippen LogP contribution in [0.5, 0.6) is 0 Å². The van der Waals surface area contributed by atoms with Gasteiger partial charge in [0.15, 0.2) is 0 Å². The summed E-state index contributed by atoms with van der Waals surface area (Å²) in [6.45, 7) is 4.46. The van der Waals surface area contributed by atoms with Crippen molar-refractivity contribution in [2.45, 2.75) is 43.1 Å². The molecule has 1 heterocycles. The van der Waals surface area contributed by atoms with Gasteiger partial charge in [-0.25, -0.2) is 4.79 Å². The number of hydrogen-bond donors (Lipinski definition) is 1. The third-order valence-corrected chi connectivity index (χ3v) is 6.28. The van der Waals surface area contributed by atoms with Crippen LogP contribution in [0.2, 0.25) is 0 Å². The number of hydrogen-bond acceptors (Lipinski definition) is 4. The van der Waals surface area contributed by atoms with Crippen LogP contribution in [-0.4, -0.2) is 47.7 Å². The van der Waals surface area contributed by atoms with Crippen molar-refractivity contribution in [3.63, 3.8) is 0 Å². The molecule has 2 unspecified atom stereocenters. The number of aryl methyl sites for hydroxylation is 2. The van der Waals surface area contributed by atoms with E-state index in [0.717, 1.165) is 11.3 Å². The van der Waals surface area contributed by atoms with E-state index in [1.54, 1.807) is 24.9 Å². The Morgan fingerprint density at radius 1 is 1.21 bits per heavy atom. The number of likely N-dealkylation sites (tertiary alicyclic amines) is 1. The van der Waals surface area contributed by atoms with Gasteiger partial charge in [-0.2, -0.15) is 0 Å². The summed E-state index contributed by atoms with van der Waals surface area (Å²) in [5.41, 5.74) is 4.00. The molecular weight excluding hydrogens is 374 g/mol. The Hall–Kier alpha value is -2.31. The number of amides is 1. The molecule has 2 atom stereocenters. The maximum Gasteiger partial charge on any atom is 0.326 e. The van der Waals surface area contributed by atoms with Gasteiger partial charge < -0.3 is 14.7 Å². The molecule has 1 aliphatic heterocycles. The van der Waals surface area contributed by atoms with Gasteiger partial charge in [0.05, 0.1) is 6.10 Å². The van der Waals surface area contributed by atoms with Crippen LogP contribution >= 0.6 is 11.8 Å². The molecule has 0 aromatic heterocycles. The molecule has 5 nitrogen and oxygen atoms in total. The van der Waals surface area contributed by atoms with E-state index in [2.05, 4.69) is 32.0 Å². The Morgan fingerprint density at radius 3 is 2.71 bits per heavy atom. The van der Waals surface area contributed by atoms with Crippen molar-refractivity contribution in [3.8, 4) is 0 Å². The summed E-state index contributed by atoms with van der Waals surface area (Å²) in [6, 6.07) is 13.0. The highest BCUT2D eigenvalue weighted by molar-refractivity contribution is 7.98. The molecule has 28 heavy (non-hydrogen) atoms. The SMILES string of the molecule is COC1CC(C(=O)O)N(C(=O)c2cccc(CSc3cc(C)ccc3C)c2)C1. The number of carboxylic acid groups (broad SMARTS) is 1. The van der Waals surface area contributed by atoms with Crippen molar-refractivity contribution >= 4 is 23.6 Å². The first-order valence-corrected chi connectivity index (χ1v) is 10.2. The van der Waals surface area contributed by atoms with Gasteiger partial charge in [0.1, 0.15) is 6.04 Å². The number of methoxy groups -OCH3 is 1. The Bertz CT molecular complexity index is 883. The van der Waals surface area contributed by atoms with Crippen LogP contribution in [0.15, 0.2) is 47.4 Å². The number of carbonyl (C=O) groups excluding carboxylic acids is 1. The molecule has 1 aliphatic rings. The Balaban J connectivity index is 1.74. The van der Waals surface area contributed by atoms with Gasteiger partial charge >= 0.3 is 5.97 Å². The smallest absolute Gasteiger partial charge is 0.326 e. The Labute approximate surface area is 169 Å². The summed E-state index contributed by atoms with van der Waals surface area (Å²) < 4.78 is 5.28. The number of nitrogens with zero attached hydrogens (tertiary/aromatic N) is 1. The third-order valence-electron chi connectivity index (χ3n) is 5.05. The summed E-state index contributed by atoms with van der Waals surface area (Å²) in [6.07, 6.45) is 0.0767. The minimum Gasteiger partial charge on any atom is -0.480 e. The molecule has 0 aliphatic carbocycles. The van der Waals surface area contributed by atoms with Crippen LogP contribution in [0.1, 0.15) is 33.5 Å². The molecule has 0 radical (unpaired) electrons. The fourth-order valence-corrected chi connectivity index (χ4v) is 4.48. The topological polar surface area (TPSA) is 66.8 Å². The zero-order chi connectivity index (χ0) is 20.3. The van der Waals surface area contributed by atoms with Gasteiger partial charge in [-0.05, 0) is 43.2 Å². The van der Waals surface area contributed by atoms with E-state index in [1.807, 2.05) is 18.2 Å². The fourth-order valence-electron chi connectivity index (χ4n) is 3.41. The molecule has 6 heteroatoms. The first-order valence-electron chi connectivity index (χ1n) is 9.24. The predicted molar refractivity (Wildman–Crippen MR) is 110 cm³/mol. The molecule has 1 saturated heterocycles. The Morgan fingerprint density at radius 2 is 2.00 bits per heavy atom. The molecule has 2 aromatic carbocycles. The van der Waals surface area contributed by atoms with E-state index >= 15 is 0 Å².